The lowest BCUT2D eigenvalue weighted by Gasteiger charge is -2.27. The first-order valence-corrected chi connectivity index (χ1v) is 6.08. The van der Waals surface area contributed by atoms with E-state index in [9.17, 15) is 0 Å². The summed E-state index contributed by atoms with van der Waals surface area (Å²) in [7, 11) is 0. The van der Waals surface area contributed by atoms with Gasteiger partial charge in [-0.1, -0.05) is 17.7 Å². The Labute approximate surface area is 97.0 Å². The van der Waals surface area contributed by atoms with Crippen LogP contribution in [-0.2, 0) is 12.0 Å². The molecule has 14 heavy (non-hydrogen) atoms. The van der Waals surface area contributed by atoms with E-state index in [0.29, 0.717) is 5.41 Å². The predicted octanol–water partition coefficient (Wildman–Crippen LogP) is 3.24. The number of rotatable bonds is 0. The first-order valence-electron chi connectivity index (χ1n) is 4.91. The van der Waals surface area contributed by atoms with Crippen LogP contribution in [-0.4, -0.2) is 6.54 Å². The smallest absolute Gasteiger partial charge is 0.0589 e. The van der Waals surface area contributed by atoms with E-state index in [-0.39, 0.29) is 0 Å². The molecule has 3 heteroatoms. The number of hydrogen-bond donors (Lipinski definition) is 1. The number of benzene rings is 1. The van der Waals surface area contributed by atoms with Crippen molar-refractivity contribution in [3.63, 3.8) is 0 Å². The fraction of sp³-hybridized carbons (Fsp3) is 0.455. The van der Waals surface area contributed by atoms with E-state index in [0.717, 1.165) is 22.6 Å². The molecule has 2 aliphatic rings. The lowest BCUT2D eigenvalue weighted by atomic mass is 9.88. The molecule has 74 valence electrons. The van der Waals surface area contributed by atoms with Gasteiger partial charge in [-0.3, -0.25) is 0 Å². The second kappa shape index (κ2) is 2.97. The molecule has 0 amide bonds. The monoisotopic (exact) mass is 271 g/mol. The fourth-order valence-electron chi connectivity index (χ4n) is 2.41. The molecule has 0 aromatic heterocycles. The Hall–Kier alpha value is -0.0500. The van der Waals surface area contributed by atoms with Crippen molar-refractivity contribution in [3.05, 3.63) is 32.8 Å². The van der Waals surface area contributed by atoms with Gasteiger partial charge in [0.05, 0.1) is 5.02 Å². The molecule has 1 N–H and O–H groups in total. The maximum Gasteiger partial charge on any atom is 0.0589 e. The normalized spacial score (nSPS) is 22.1. The zero-order valence-electron chi connectivity index (χ0n) is 7.74. The minimum atomic E-state index is 0.369. The summed E-state index contributed by atoms with van der Waals surface area (Å²) in [5.74, 6) is 0. The molecular weight excluding hydrogens is 261 g/mol. The van der Waals surface area contributed by atoms with Crippen LogP contribution < -0.4 is 5.32 Å². The summed E-state index contributed by atoms with van der Waals surface area (Å²) in [5, 5.41) is 4.40. The highest BCUT2D eigenvalue weighted by atomic mass is 79.9. The Bertz CT molecular complexity index is 399. The standard InChI is InChI=1S/C11H11BrClN/c12-8-2-1-7-5-14-6-11(3-4-11)9(7)10(8)13/h1-2,14H,3-6H2. The molecule has 0 atom stereocenters. The van der Waals surface area contributed by atoms with Crippen molar-refractivity contribution < 1.29 is 0 Å². The highest BCUT2D eigenvalue weighted by Crippen LogP contribution is 2.53. The molecule has 3 rings (SSSR count). The molecule has 1 aliphatic heterocycles. The summed E-state index contributed by atoms with van der Waals surface area (Å²) in [6, 6.07) is 4.22. The van der Waals surface area contributed by atoms with Crippen LogP contribution in [0.2, 0.25) is 5.02 Å². The van der Waals surface area contributed by atoms with E-state index in [4.69, 9.17) is 11.6 Å². The Morgan fingerprint density at radius 1 is 1.36 bits per heavy atom. The van der Waals surface area contributed by atoms with Crippen LogP contribution in [0.3, 0.4) is 0 Å². The molecule has 1 heterocycles. The van der Waals surface area contributed by atoms with Crippen molar-refractivity contribution in [1.29, 1.82) is 0 Å². The van der Waals surface area contributed by atoms with Gasteiger partial charge in [-0.05, 0) is 46.0 Å². The molecule has 1 saturated carbocycles. The number of nitrogens with one attached hydrogen (secondary N) is 1. The maximum atomic E-state index is 6.36. The SMILES string of the molecule is Clc1c(Br)ccc2c1C1(CC1)CNC2. The van der Waals surface area contributed by atoms with E-state index in [2.05, 4.69) is 27.3 Å². The van der Waals surface area contributed by atoms with Gasteiger partial charge in [0.1, 0.15) is 0 Å². The average Bonchev–Trinajstić information content (AvgIpc) is 2.92. The Kier molecular flexibility index (Phi) is 1.95. The highest BCUT2D eigenvalue weighted by molar-refractivity contribution is 9.10. The molecule has 0 radical (unpaired) electrons. The lowest BCUT2D eigenvalue weighted by Crippen LogP contribution is -2.33. The first kappa shape index (κ1) is 9.20. The summed E-state index contributed by atoms with van der Waals surface area (Å²) in [6.07, 6.45) is 2.56. The number of halogens is 2. The largest absolute Gasteiger partial charge is 0.312 e. The Morgan fingerprint density at radius 2 is 2.14 bits per heavy atom. The third kappa shape index (κ3) is 1.17. The summed E-state index contributed by atoms with van der Waals surface area (Å²) < 4.78 is 1.03. The van der Waals surface area contributed by atoms with E-state index < -0.39 is 0 Å². The van der Waals surface area contributed by atoms with E-state index >= 15 is 0 Å². The summed E-state index contributed by atoms with van der Waals surface area (Å²) in [6.45, 7) is 2.06. The van der Waals surface area contributed by atoms with Crippen LogP contribution >= 0.6 is 27.5 Å². The molecule has 1 spiro atoms. The molecule has 1 aromatic carbocycles. The molecule has 0 saturated heterocycles. The maximum absolute atomic E-state index is 6.36. The highest BCUT2D eigenvalue weighted by Gasteiger charge is 2.48. The summed E-state index contributed by atoms with van der Waals surface area (Å²) in [4.78, 5) is 0. The van der Waals surface area contributed by atoms with Gasteiger partial charge < -0.3 is 5.32 Å². The van der Waals surface area contributed by atoms with Gasteiger partial charge in [0.25, 0.3) is 0 Å². The van der Waals surface area contributed by atoms with Gasteiger partial charge in [-0.2, -0.15) is 0 Å². The molecular formula is C11H11BrClN. The van der Waals surface area contributed by atoms with Crippen molar-refractivity contribution in [3.8, 4) is 0 Å². The second-order valence-electron chi connectivity index (χ2n) is 4.28. The Balaban J connectivity index is 2.24. The summed E-state index contributed by atoms with van der Waals surface area (Å²) in [5.41, 5.74) is 3.14. The van der Waals surface area contributed by atoms with Crippen molar-refractivity contribution in [2.45, 2.75) is 24.8 Å². The van der Waals surface area contributed by atoms with Crippen LogP contribution in [0, 0.1) is 0 Å². The zero-order valence-corrected chi connectivity index (χ0v) is 10.1. The number of hydrogen-bond acceptors (Lipinski definition) is 1. The topological polar surface area (TPSA) is 12.0 Å². The van der Waals surface area contributed by atoms with Crippen LogP contribution in [0.1, 0.15) is 24.0 Å². The van der Waals surface area contributed by atoms with Gasteiger partial charge in [0, 0.05) is 23.0 Å². The third-order valence-corrected chi connectivity index (χ3v) is 4.63. The van der Waals surface area contributed by atoms with Crippen LogP contribution in [0.5, 0.6) is 0 Å². The fourth-order valence-corrected chi connectivity index (χ4v) is 3.13. The minimum Gasteiger partial charge on any atom is -0.312 e. The van der Waals surface area contributed by atoms with Crippen molar-refractivity contribution in [1.82, 2.24) is 5.32 Å². The molecule has 1 aromatic rings. The average molecular weight is 273 g/mol. The van der Waals surface area contributed by atoms with Crippen molar-refractivity contribution in [2.75, 3.05) is 6.54 Å². The molecule has 1 fully saturated rings. The molecule has 1 nitrogen and oxygen atoms in total. The van der Waals surface area contributed by atoms with Crippen molar-refractivity contribution in [2.24, 2.45) is 0 Å². The second-order valence-corrected chi connectivity index (χ2v) is 5.51. The van der Waals surface area contributed by atoms with Gasteiger partial charge in [0.15, 0.2) is 0 Å². The first-order chi connectivity index (χ1) is 6.73. The number of fused-ring (bicyclic) bond motifs is 2. The predicted molar refractivity (Wildman–Crippen MR) is 61.8 cm³/mol. The van der Waals surface area contributed by atoms with Gasteiger partial charge in [-0.25, -0.2) is 0 Å². The van der Waals surface area contributed by atoms with E-state index in [1.807, 2.05) is 6.07 Å². The Morgan fingerprint density at radius 3 is 2.86 bits per heavy atom. The zero-order chi connectivity index (χ0) is 9.76. The summed E-state index contributed by atoms with van der Waals surface area (Å²) >= 11 is 9.86. The van der Waals surface area contributed by atoms with Gasteiger partial charge >= 0.3 is 0 Å². The van der Waals surface area contributed by atoms with Gasteiger partial charge in [-0.15, -0.1) is 0 Å². The van der Waals surface area contributed by atoms with Crippen LogP contribution in [0.4, 0.5) is 0 Å². The minimum absolute atomic E-state index is 0.369. The van der Waals surface area contributed by atoms with Crippen LogP contribution in [0.25, 0.3) is 0 Å². The molecule has 0 unspecified atom stereocenters. The van der Waals surface area contributed by atoms with E-state index in [1.54, 1.807) is 0 Å². The molecule has 0 bridgehead atoms. The van der Waals surface area contributed by atoms with E-state index in [1.165, 1.54) is 24.0 Å². The van der Waals surface area contributed by atoms with Crippen LogP contribution in [0.15, 0.2) is 16.6 Å². The molecule has 1 aliphatic carbocycles. The van der Waals surface area contributed by atoms with Crippen molar-refractivity contribution >= 4 is 27.5 Å². The third-order valence-electron chi connectivity index (χ3n) is 3.34. The quantitative estimate of drug-likeness (QED) is 0.764. The van der Waals surface area contributed by atoms with Gasteiger partial charge in [0.2, 0.25) is 0 Å². The lowest BCUT2D eigenvalue weighted by molar-refractivity contribution is 0.531.